The molecule has 1 atom stereocenters. The molecule has 6 nitrogen and oxygen atoms in total. The lowest BCUT2D eigenvalue weighted by molar-refractivity contribution is -0.155. The molecule has 0 spiro atoms. The molecule has 2 aromatic rings. The van der Waals surface area contributed by atoms with Gasteiger partial charge in [-0.3, -0.25) is 9.59 Å². The Labute approximate surface area is 267 Å². The number of likely N-dealkylation sites (tertiary alicyclic amines) is 1. The van der Waals surface area contributed by atoms with E-state index in [1.165, 1.54) is 4.90 Å². The van der Waals surface area contributed by atoms with Crippen molar-refractivity contribution < 1.29 is 40.7 Å². The fourth-order valence-electron chi connectivity index (χ4n) is 6.07. The van der Waals surface area contributed by atoms with Gasteiger partial charge in [0.05, 0.1) is 40.7 Å². The Kier molecular flexibility index (Phi) is 10.4. The summed E-state index contributed by atoms with van der Waals surface area (Å²) in [6.07, 6.45) is -8.78. The highest BCUT2D eigenvalue weighted by Gasteiger charge is 2.42. The summed E-state index contributed by atoms with van der Waals surface area (Å²) in [6.45, 7) is 5.84. The highest BCUT2D eigenvalue weighted by Crippen LogP contribution is 2.40. The van der Waals surface area contributed by atoms with Crippen LogP contribution in [0.4, 0.5) is 26.3 Å². The van der Waals surface area contributed by atoms with Crippen molar-refractivity contribution in [3.05, 3.63) is 68.7 Å². The maximum absolute atomic E-state index is 13.4. The second-order valence-corrected chi connectivity index (χ2v) is 13.1. The second kappa shape index (κ2) is 13.3. The van der Waals surface area contributed by atoms with Crippen LogP contribution < -0.4 is 5.73 Å². The van der Waals surface area contributed by atoms with Gasteiger partial charge in [0.2, 0.25) is 11.8 Å². The van der Waals surface area contributed by atoms with E-state index in [4.69, 9.17) is 33.7 Å². The molecule has 2 amide bonds. The molecule has 0 aliphatic carbocycles. The van der Waals surface area contributed by atoms with Gasteiger partial charge in [-0.1, -0.05) is 43.1 Å². The molecule has 2 aliphatic heterocycles. The van der Waals surface area contributed by atoms with Gasteiger partial charge in [-0.15, -0.1) is 0 Å². The van der Waals surface area contributed by atoms with Gasteiger partial charge in [0.25, 0.3) is 0 Å². The zero-order valence-corrected chi connectivity index (χ0v) is 26.3. The Morgan fingerprint density at radius 1 is 0.933 bits per heavy atom. The van der Waals surface area contributed by atoms with E-state index < -0.39 is 52.4 Å². The third-order valence-corrected chi connectivity index (χ3v) is 9.80. The first kappa shape index (κ1) is 35.3. The number of morpholine rings is 1. The van der Waals surface area contributed by atoms with Crippen molar-refractivity contribution in [2.24, 2.45) is 17.1 Å². The average Bonchev–Trinajstić information content (AvgIpc) is 2.96. The van der Waals surface area contributed by atoms with Crippen molar-refractivity contribution in [1.82, 2.24) is 9.80 Å². The number of piperidine rings is 1. The number of amides is 2. The van der Waals surface area contributed by atoms with E-state index in [2.05, 4.69) is 4.90 Å². The molecule has 14 heteroatoms. The third-order valence-electron chi connectivity index (χ3n) is 9.06. The number of hydrogen-bond donors (Lipinski definition) is 1. The van der Waals surface area contributed by atoms with Crippen molar-refractivity contribution >= 4 is 35.0 Å². The fourth-order valence-corrected chi connectivity index (χ4v) is 6.37. The van der Waals surface area contributed by atoms with Crippen LogP contribution in [0.25, 0.3) is 0 Å². The normalized spacial score (nSPS) is 20.8. The summed E-state index contributed by atoms with van der Waals surface area (Å²) < 4.78 is 86.8. The third kappa shape index (κ3) is 8.25. The predicted molar refractivity (Wildman–Crippen MR) is 158 cm³/mol. The van der Waals surface area contributed by atoms with E-state index in [9.17, 15) is 35.9 Å². The summed E-state index contributed by atoms with van der Waals surface area (Å²) in [5.74, 6) is -0.854. The average molecular weight is 683 g/mol. The van der Waals surface area contributed by atoms with E-state index in [-0.39, 0.29) is 42.6 Å². The number of carbonyl (C=O) groups excluding carboxylic acids is 2. The Bertz CT molecular complexity index is 1380. The van der Waals surface area contributed by atoms with Crippen LogP contribution in [0.1, 0.15) is 55.4 Å². The predicted octanol–water partition coefficient (Wildman–Crippen LogP) is 6.94. The van der Waals surface area contributed by atoms with Gasteiger partial charge in [0.15, 0.2) is 0 Å². The maximum atomic E-state index is 13.4. The van der Waals surface area contributed by atoms with Crippen molar-refractivity contribution in [2.45, 2.75) is 57.5 Å². The summed E-state index contributed by atoms with van der Waals surface area (Å²) in [5.41, 5.74) is 1.19. The molecule has 0 aromatic heterocycles. The van der Waals surface area contributed by atoms with Crippen LogP contribution in [0.15, 0.2) is 36.4 Å². The molecule has 2 fully saturated rings. The summed E-state index contributed by atoms with van der Waals surface area (Å²) >= 11 is 12.5. The Morgan fingerprint density at radius 3 is 2.07 bits per heavy atom. The zero-order chi connectivity index (χ0) is 33.4. The Morgan fingerprint density at radius 2 is 1.53 bits per heavy atom. The number of ether oxygens (including phenoxy) is 1. The number of benzene rings is 2. The number of nitrogens with zero attached hydrogens (tertiary/aromatic N) is 2. The molecule has 0 bridgehead atoms. The monoisotopic (exact) mass is 681 g/mol. The first-order valence-electron chi connectivity index (χ1n) is 14.5. The highest BCUT2D eigenvalue weighted by atomic mass is 35.5. The molecule has 2 N–H and O–H groups in total. The number of primary amides is 1. The van der Waals surface area contributed by atoms with Crippen molar-refractivity contribution in [1.29, 1.82) is 0 Å². The second-order valence-electron chi connectivity index (χ2n) is 12.3. The van der Waals surface area contributed by atoms with Crippen LogP contribution in [0, 0.1) is 11.3 Å². The van der Waals surface area contributed by atoms with E-state index in [1.807, 2.05) is 13.8 Å². The topological polar surface area (TPSA) is 75.9 Å². The molecular formula is C31H35Cl2F6N3O3. The number of carbonyl (C=O) groups is 2. The van der Waals surface area contributed by atoms with Crippen LogP contribution in [0.5, 0.6) is 0 Å². The smallest absolute Gasteiger partial charge is 0.369 e. The summed E-state index contributed by atoms with van der Waals surface area (Å²) in [6, 6.07) is 6.15. The quantitative estimate of drug-likeness (QED) is 0.306. The molecule has 2 aromatic carbocycles. The van der Waals surface area contributed by atoms with E-state index in [1.54, 1.807) is 18.2 Å². The SMILES string of the molecule is CC(C)(C(N)=O)C1CCN(CC[C@@]2(c3ccc(Cl)c(Cl)c3)CN(C(=O)Cc3cc(C(F)(F)F)cc(C(F)(F)F)c3)CCO2)CC1. The highest BCUT2D eigenvalue weighted by molar-refractivity contribution is 6.42. The van der Waals surface area contributed by atoms with Gasteiger partial charge in [-0.05, 0) is 79.7 Å². The summed E-state index contributed by atoms with van der Waals surface area (Å²) in [7, 11) is 0. The van der Waals surface area contributed by atoms with E-state index in [0.29, 0.717) is 48.8 Å². The summed E-state index contributed by atoms with van der Waals surface area (Å²) in [5, 5.41) is 0.571. The number of rotatable bonds is 8. The molecule has 4 rings (SSSR count). The number of halogens is 8. The minimum absolute atomic E-state index is 0.0000552. The van der Waals surface area contributed by atoms with Crippen LogP contribution in [-0.2, 0) is 38.7 Å². The molecule has 248 valence electrons. The Hall–Kier alpha value is -2.54. The number of alkyl halides is 6. The minimum atomic E-state index is -5.02. The molecule has 45 heavy (non-hydrogen) atoms. The fraction of sp³-hybridized carbons (Fsp3) is 0.548. The standard InChI is InChI=1S/C31H35Cl2F6N3O3/c1-28(2,27(40)44)20-5-8-41(9-6-20)10-7-29(21-3-4-24(32)25(33)17-21)18-42(11-12-45-29)26(43)15-19-13-22(30(34,35)36)16-23(14-19)31(37,38)39/h3-4,13-14,16-17,20H,5-12,15,18H2,1-2H3,(H2,40,44)/t29-/m0/s1. The number of hydrogen-bond acceptors (Lipinski definition) is 4. The zero-order valence-electron chi connectivity index (χ0n) is 24.8. The molecule has 2 aliphatic rings. The van der Waals surface area contributed by atoms with Gasteiger partial charge >= 0.3 is 12.4 Å². The first-order chi connectivity index (χ1) is 20.8. The van der Waals surface area contributed by atoms with Gasteiger partial charge in [-0.2, -0.15) is 26.3 Å². The van der Waals surface area contributed by atoms with Crippen LogP contribution in [0.3, 0.4) is 0 Å². The lowest BCUT2D eigenvalue weighted by Gasteiger charge is -2.45. The van der Waals surface area contributed by atoms with Crippen molar-refractivity contribution in [3.8, 4) is 0 Å². The van der Waals surface area contributed by atoms with Crippen LogP contribution >= 0.6 is 23.2 Å². The van der Waals surface area contributed by atoms with Gasteiger partial charge < -0.3 is 20.3 Å². The lowest BCUT2D eigenvalue weighted by Crippen LogP contribution is -2.53. The largest absolute Gasteiger partial charge is 0.416 e. The van der Waals surface area contributed by atoms with E-state index >= 15 is 0 Å². The number of nitrogens with two attached hydrogens (primary N) is 1. The lowest BCUT2D eigenvalue weighted by atomic mass is 9.73. The molecule has 2 heterocycles. The molecular weight excluding hydrogens is 647 g/mol. The van der Waals surface area contributed by atoms with Crippen molar-refractivity contribution in [2.75, 3.05) is 39.3 Å². The van der Waals surface area contributed by atoms with Crippen LogP contribution in [-0.4, -0.2) is 60.9 Å². The molecule has 0 saturated carbocycles. The molecule has 0 radical (unpaired) electrons. The summed E-state index contributed by atoms with van der Waals surface area (Å²) in [4.78, 5) is 29.0. The molecule has 0 unspecified atom stereocenters. The van der Waals surface area contributed by atoms with E-state index in [0.717, 1.165) is 12.8 Å². The minimum Gasteiger partial charge on any atom is -0.369 e. The maximum Gasteiger partial charge on any atom is 0.416 e. The van der Waals surface area contributed by atoms with Gasteiger partial charge in [0.1, 0.15) is 5.60 Å². The van der Waals surface area contributed by atoms with Crippen LogP contribution in [0.2, 0.25) is 10.0 Å². The van der Waals surface area contributed by atoms with Crippen molar-refractivity contribution in [3.63, 3.8) is 0 Å². The molecule has 2 saturated heterocycles. The Balaban J connectivity index is 1.55. The van der Waals surface area contributed by atoms with Gasteiger partial charge in [0, 0.05) is 18.5 Å². The first-order valence-corrected chi connectivity index (χ1v) is 15.3. The van der Waals surface area contributed by atoms with Gasteiger partial charge in [-0.25, -0.2) is 0 Å².